The number of nitrogens with one attached hydrogen (secondary N) is 1. The van der Waals surface area contributed by atoms with Gasteiger partial charge in [-0.3, -0.25) is 18.7 Å². The fourth-order valence-corrected chi connectivity index (χ4v) is 5.31. The molecule has 0 fully saturated rings. The van der Waals surface area contributed by atoms with E-state index in [0.29, 0.717) is 16.0 Å². The lowest BCUT2D eigenvalue weighted by atomic mass is 10.1. The maximum Gasteiger partial charge on any atom is 0.332 e. The van der Waals surface area contributed by atoms with Crippen LogP contribution in [0.15, 0.2) is 69.6 Å². The van der Waals surface area contributed by atoms with Crippen molar-refractivity contribution in [3.8, 4) is 5.75 Å². The lowest BCUT2D eigenvalue weighted by Gasteiger charge is -2.16. The molecule has 7 nitrogen and oxygen atoms in total. The zero-order valence-corrected chi connectivity index (χ0v) is 18.9. The van der Waals surface area contributed by atoms with Crippen LogP contribution >= 0.6 is 11.3 Å². The third-order valence-corrected chi connectivity index (χ3v) is 6.97. The Labute approximate surface area is 193 Å². The highest BCUT2D eigenvalue weighted by atomic mass is 32.1. The molecule has 0 radical (unpaired) electrons. The second kappa shape index (κ2) is 8.71. The monoisotopic (exact) mass is 461 g/mol. The van der Waals surface area contributed by atoms with Crippen molar-refractivity contribution in [3.63, 3.8) is 0 Å². The van der Waals surface area contributed by atoms with Crippen molar-refractivity contribution in [1.29, 1.82) is 0 Å². The van der Waals surface area contributed by atoms with Gasteiger partial charge in [-0.25, -0.2) is 4.79 Å². The summed E-state index contributed by atoms with van der Waals surface area (Å²) >= 11 is 1.27. The van der Waals surface area contributed by atoms with Gasteiger partial charge in [0.2, 0.25) is 5.91 Å². The summed E-state index contributed by atoms with van der Waals surface area (Å²) in [6.45, 7) is -0.0521. The fraction of sp³-hybridized carbons (Fsp3) is 0.240. The largest absolute Gasteiger partial charge is 0.497 e. The van der Waals surface area contributed by atoms with E-state index >= 15 is 0 Å². The molecule has 0 aliphatic heterocycles. The Morgan fingerprint density at radius 2 is 1.97 bits per heavy atom. The van der Waals surface area contributed by atoms with Crippen molar-refractivity contribution in [2.75, 3.05) is 7.11 Å². The van der Waals surface area contributed by atoms with E-state index in [1.165, 1.54) is 26.0 Å². The first kappa shape index (κ1) is 21.2. The highest BCUT2D eigenvalue weighted by Gasteiger charge is 2.24. The first-order chi connectivity index (χ1) is 16.0. The summed E-state index contributed by atoms with van der Waals surface area (Å²) in [6, 6.07) is 17.0. The zero-order chi connectivity index (χ0) is 22.9. The third kappa shape index (κ3) is 3.98. The number of carbonyl (C=O) groups excluding carboxylic acids is 1. The summed E-state index contributed by atoms with van der Waals surface area (Å²) < 4.78 is 8.29. The Balaban J connectivity index is 1.47. The Kier molecular flexibility index (Phi) is 5.60. The summed E-state index contributed by atoms with van der Waals surface area (Å²) in [7, 11) is 1.57. The van der Waals surface area contributed by atoms with Gasteiger partial charge >= 0.3 is 5.69 Å². The number of methoxy groups -OCH3 is 1. The number of carbonyl (C=O) groups is 1. The second-order valence-corrected chi connectivity index (χ2v) is 9.02. The van der Waals surface area contributed by atoms with Gasteiger partial charge < -0.3 is 10.1 Å². The Morgan fingerprint density at radius 1 is 1.12 bits per heavy atom. The van der Waals surface area contributed by atoms with E-state index in [0.717, 1.165) is 24.0 Å². The normalized spacial score (nSPS) is 14.9. The first-order valence-electron chi connectivity index (χ1n) is 10.8. The average molecular weight is 462 g/mol. The van der Waals surface area contributed by atoms with Crippen LogP contribution in [0.3, 0.4) is 0 Å². The van der Waals surface area contributed by atoms with Gasteiger partial charge in [-0.05, 0) is 53.1 Å². The van der Waals surface area contributed by atoms with Gasteiger partial charge in [0, 0.05) is 0 Å². The van der Waals surface area contributed by atoms with Gasteiger partial charge in [0.15, 0.2) is 0 Å². The SMILES string of the molecule is COc1cccc(Cn2c(=O)c3sccc3n(CC(=O)N[C@H]3CCc4ccccc43)c2=O)c1. The summed E-state index contributed by atoms with van der Waals surface area (Å²) in [5, 5.41) is 4.83. The van der Waals surface area contributed by atoms with Gasteiger partial charge in [0.1, 0.15) is 17.0 Å². The maximum absolute atomic E-state index is 13.4. The highest BCUT2D eigenvalue weighted by molar-refractivity contribution is 7.17. The maximum atomic E-state index is 13.4. The number of rotatable bonds is 6. The summed E-state index contributed by atoms with van der Waals surface area (Å²) in [4.78, 5) is 39.4. The van der Waals surface area contributed by atoms with Crippen LogP contribution in [0.25, 0.3) is 10.2 Å². The Hall–Kier alpha value is -3.65. The number of hydrogen-bond donors (Lipinski definition) is 1. The lowest BCUT2D eigenvalue weighted by molar-refractivity contribution is -0.122. The van der Waals surface area contributed by atoms with Gasteiger partial charge in [-0.2, -0.15) is 0 Å². The van der Waals surface area contributed by atoms with Gasteiger partial charge in [-0.1, -0.05) is 36.4 Å². The number of aryl methyl sites for hydroxylation is 1. The molecule has 1 aliphatic rings. The molecule has 4 aromatic rings. The smallest absolute Gasteiger partial charge is 0.332 e. The molecule has 2 aromatic carbocycles. The van der Waals surface area contributed by atoms with Crippen molar-refractivity contribution in [3.05, 3.63) is 97.5 Å². The Morgan fingerprint density at radius 3 is 2.82 bits per heavy atom. The molecule has 33 heavy (non-hydrogen) atoms. The van der Waals surface area contributed by atoms with Gasteiger partial charge in [0.25, 0.3) is 5.56 Å². The number of aromatic nitrogens is 2. The van der Waals surface area contributed by atoms with E-state index in [1.807, 2.05) is 30.3 Å². The van der Waals surface area contributed by atoms with Crippen molar-refractivity contribution >= 4 is 27.5 Å². The lowest BCUT2D eigenvalue weighted by Crippen LogP contribution is -2.42. The van der Waals surface area contributed by atoms with E-state index in [4.69, 9.17) is 4.74 Å². The molecule has 5 rings (SSSR count). The van der Waals surface area contributed by atoms with Gasteiger partial charge in [-0.15, -0.1) is 11.3 Å². The average Bonchev–Trinajstić information content (AvgIpc) is 3.48. The molecule has 0 spiro atoms. The first-order valence-corrected chi connectivity index (χ1v) is 11.6. The van der Waals surface area contributed by atoms with E-state index in [9.17, 15) is 14.4 Å². The molecule has 0 unspecified atom stereocenters. The number of fused-ring (bicyclic) bond motifs is 2. The molecule has 1 atom stereocenters. The van der Waals surface area contributed by atoms with Gasteiger partial charge in [0.05, 0.1) is 25.2 Å². The van der Waals surface area contributed by atoms with Crippen molar-refractivity contribution in [2.45, 2.75) is 32.0 Å². The van der Waals surface area contributed by atoms with Crippen LogP contribution in [0.4, 0.5) is 0 Å². The molecule has 0 saturated carbocycles. The van der Waals surface area contributed by atoms with E-state index < -0.39 is 5.69 Å². The van der Waals surface area contributed by atoms with Crippen LogP contribution in [0, 0.1) is 0 Å². The van der Waals surface area contributed by atoms with Crippen LogP contribution in [0.2, 0.25) is 0 Å². The summed E-state index contributed by atoms with van der Waals surface area (Å²) in [6.07, 6.45) is 1.75. The molecule has 1 N–H and O–H groups in total. The van der Waals surface area contributed by atoms with Crippen molar-refractivity contribution in [2.24, 2.45) is 0 Å². The molecular formula is C25H23N3O4S. The minimum atomic E-state index is -0.504. The van der Waals surface area contributed by atoms with Crippen LogP contribution in [0.5, 0.6) is 5.75 Å². The van der Waals surface area contributed by atoms with Crippen LogP contribution in [-0.4, -0.2) is 22.2 Å². The number of thiophene rings is 1. The fourth-order valence-electron chi connectivity index (χ4n) is 4.47. The molecule has 1 amide bonds. The summed E-state index contributed by atoms with van der Waals surface area (Å²) in [5.74, 6) is 0.396. The minimum absolute atomic E-state index is 0.0648. The summed E-state index contributed by atoms with van der Waals surface area (Å²) in [5.41, 5.74) is 2.76. The topological polar surface area (TPSA) is 82.3 Å². The highest BCUT2D eigenvalue weighted by Crippen LogP contribution is 2.30. The number of amides is 1. The molecule has 168 valence electrons. The number of benzene rings is 2. The quantitative estimate of drug-likeness (QED) is 0.478. The van der Waals surface area contributed by atoms with E-state index in [-0.39, 0.29) is 30.6 Å². The molecule has 2 heterocycles. The molecular weight excluding hydrogens is 438 g/mol. The number of hydrogen-bond acceptors (Lipinski definition) is 5. The number of ether oxygens (including phenoxy) is 1. The molecule has 2 aromatic heterocycles. The second-order valence-electron chi connectivity index (χ2n) is 8.10. The molecule has 0 saturated heterocycles. The minimum Gasteiger partial charge on any atom is -0.497 e. The standard InChI is InChI=1S/C25H23N3O4S/c1-32-18-7-4-5-16(13-18)14-28-24(30)23-21(11-12-33-23)27(25(28)31)15-22(29)26-20-10-9-17-6-2-3-8-19(17)20/h2-8,11-13,20H,9-10,14-15H2,1H3,(H,26,29)/t20-/m0/s1. The zero-order valence-electron chi connectivity index (χ0n) is 18.1. The van der Waals surface area contributed by atoms with E-state index in [2.05, 4.69) is 11.4 Å². The predicted molar refractivity (Wildman–Crippen MR) is 128 cm³/mol. The molecule has 8 heteroatoms. The number of nitrogens with zero attached hydrogens (tertiary/aromatic N) is 2. The van der Waals surface area contributed by atoms with Crippen LogP contribution in [-0.2, 0) is 24.3 Å². The van der Waals surface area contributed by atoms with Crippen LogP contribution < -0.4 is 21.3 Å². The van der Waals surface area contributed by atoms with E-state index in [1.54, 1.807) is 30.7 Å². The predicted octanol–water partition coefficient (Wildman–Crippen LogP) is 3.09. The molecule has 0 bridgehead atoms. The van der Waals surface area contributed by atoms with Crippen molar-refractivity contribution < 1.29 is 9.53 Å². The van der Waals surface area contributed by atoms with Crippen molar-refractivity contribution in [1.82, 2.24) is 14.5 Å². The van der Waals surface area contributed by atoms with Crippen LogP contribution in [0.1, 0.15) is 29.2 Å². The Bertz CT molecular complexity index is 1470. The third-order valence-electron chi connectivity index (χ3n) is 6.08. The molecule has 1 aliphatic carbocycles.